The zero-order valence-corrected chi connectivity index (χ0v) is 13.1. The van der Waals surface area contributed by atoms with Gasteiger partial charge in [-0.2, -0.15) is 0 Å². The molecule has 1 unspecified atom stereocenters. The first-order valence-corrected chi connectivity index (χ1v) is 7.96. The van der Waals surface area contributed by atoms with Gasteiger partial charge in [0.25, 0.3) is 5.91 Å². The van der Waals surface area contributed by atoms with E-state index in [4.69, 9.17) is 4.74 Å². The minimum absolute atomic E-state index is 0.112. The van der Waals surface area contributed by atoms with E-state index in [9.17, 15) is 4.79 Å². The zero-order valence-electron chi connectivity index (χ0n) is 13.1. The summed E-state index contributed by atoms with van der Waals surface area (Å²) in [6, 6.07) is 7.88. The summed E-state index contributed by atoms with van der Waals surface area (Å²) < 4.78 is 5.67. The van der Waals surface area contributed by atoms with Crippen LogP contribution < -0.4 is 10.1 Å². The number of benzene rings is 1. The average Bonchev–Trinajstić information content (AvgIpc) is 2.51. The van der Waals surface area contributed by atoms with E-state index in [0.717, 1.165) is 44.0 Å². The molecule has 0 saturated carbocycles. The molecule has 1 saturated heterocycles. The van der Waals surface area contributed by atoms with Crippen LogP contribution in [0.25, 0.3) is 0 Å². The number of rotatable bonds is 6. The largest absolute Gasteiger partial charge is 0.494 e. The van der Waals surface area contributed by atoms with Gasteiger partial charge in [-0.1, -0.05) is 19.8 Å². The van der Waals surface area contributed by atoms with Gasteiger partial charge < -0.3 is 15.0 Å². The van der Waals surface area contributed by atoms with Crippen molar-refractivity contribution in [2.45, 2.75) is 39.2 Å². The van der Waals surface area contributed by atoms with E-state index < -0.39 is 0 Å². The number of hydrogen-bond acceptors (Lipinski definition) is 3. The maximum absolute atomic E-state index is 12.4. The van der Waals surface area contributed by atoms with Crippen molar-refractivity contribution < 1.29 is 9.53 Å². The SMILES string of the molecule is CCCCCOc1ccc(C(=O)N2CCNC(C)C2)cc1. The van der Waals surface area contributed by atoms with Crippen LogP contribution in [0.4, 0.5) is 0 Å². The van der Waals surface area contributed by atoms with Crippen molar-refractivity contribution in [1.29, 1.82) is 0 Å². The van der Waals surface area contributed by atoms with Crippen LogP contribution in [0.3, 0.4) is 0 Å². The Balaban J connectivity index is 1.87. The number of hydrogen-bond donors (Lipinski definition) is 1. The second kappa shape index (κ2) is 8.03. The maximum atomic E-state index is 12.4. The van der Waals surface area contributed by atoms with Crippen LogP contribution in [0.2, 0.25) is 0 Å². The number of ether oxygens (including phenoxy) is 1. The fraction of sp³-hybridized carbons (Fsp3) is 0.588. The minimum atomic E-state index is 0.112. The number of nitrogens with zero attached hydrogens (tertiary/aromatic N) is 1. The zero-order chi connectivity index (χ0) is 15.1. The van der Waals surface area contributed by atoms with Gasteiger partial charge in [-0.15, -0.1) is 0 Å². The van der Waals surface area contributed by atoms with E-state index >= 15 is 0 Å². The second-order valence-corrected chi connectivity index (χ2v) is 5.69. The summed E-state index contributed by atoms with van der Waals surface area (Å²) >= 11 is 0. The molecular formula is C17H26N2O2. The summed E-state index contributed by atoms with van der Waals surface area (Å²) in [6.07, 6.45) is 3.47. The summed E-state index contributed by atoms with van der Waals surface area (Å²) in [7, 11) is 0. The van der Waals surface area contributed by atoms with Gasteiger partial charge in [-0.25, -0.2) is 0 Å². The number of carbonyl (C=O) groups is 1. The first-order valence-electron chi connectivity index (χ1n) is 7.96. The third kappa shape index (κ3) is 4.74. The van der Waals surface area contributed by atoms with Crippen molar-refractivity contribution in [3.63, 3.8) is 0 Å². The Hall–Kier alpha value is -1.55. The molecule has 1 amide bonds. The summed E-state index contributed by atoms with van der Waals surface area (Å²) in [4.78, 5) is 14.3. The maximum Gasteiger partial charge on any atom is 0.253 e. The lowest BCUT2D eigenvalue weighted by Gasteiger charge is -2.32. The third-order valence-corrected chi connectivity index (χ3v) is 3.77. The molecule has 4 nitrogen and oxygen atoms in total. The lowest BCUT2D eigenvalue weighted by molar-refractivity contribution is 0.0709. The van der Waals surface area contributed by atoms with Gasteiger partial charge in [-0.3, -0.25) is 4.79 Å². The number of piperazine rings is 1. The average molecular weight is 290 g/mol. The molecule has 0 aromatic heterocycles. The van der Waals surface area contributed by atoms with Crippen LogP contribution in [0.5, 0.6) is 5.75 Å². The third-order valence-electron chi connectivity index (χ3n) is 3.77. The van der Waals surface area contributed by atoms with Crippen molar-refractivity contribution in [2.24, 2.45) is 0 Å². The highest BCUT2D eigenvalue weighted by Gasteiger charge is 2.21. The Morgan fingerprint density at radius 2 is 2.10 bits per heavy atom. The molecule has 0 bridgehead atoms. The van der Waals surface area contributed by atoms with E-state index in [1.165, 1.54) is 12.8 Å². The molecule has 2 rings (SSSR count). The van der Waals surface area contributed by atoms with Crippen LogP contribution in [0, 0.1) is 0 Å². The van der Waals surface area contributed by atoms with Crippen LogP contribution >= 0.6 is 0 Å². The van der Waals surface area contributed by atoms with E-state index in [1.54, 1.807) is 0 Å². The predicted octanol–water partition coefficient (Wildman–Crippen LogP) is 2.69. The van der Waals surface area contributed by atoms with Crippen LogP contribution in [-0.2, 0) is 0 Å². The Labute approximate surface area is 127 Å². The van der Waals surface area contributed by atoms with Crippen molar-refractivity contribution in [3.8, 4) is 5.75 Å². The number of carbonyl (C=O) groups excluding carboxylic acids is 1. The molecule has 4 heteroatoms. The van der Waals surface area contributed by atoms with Crippen molar-refractivity contribution in [1.82, 2.24) is 10.2 Å². The van der Waals surface area contributed by atoms with Gasteiger partial charge in [0, 0.05) is 31.2 Å². The summed E-state index contributed by atoms with van der Waals surface area (Å²) in [5.74, 6) is 0.956. The molecular weight excluding hydrogens is 264 g/mol. The molecule has 1 aromatic carbocycles. The van der Waals surface area contributed by atoms with Gasteiger partial charge in [-0.05, 0) is 37.6 Å². The Morgan fingerprint density at radius 1 is 1.33 bits per heavy atom. The lowest BCUT2D eigenvalue weighted by atomic mass is 10.1. The Kier molecular flexibility index (Phi) is 6.05. The van der Waals surface area contributed by atoms with Crippen LogP contribution in [-0.4, -0.2) is 43.1 Å². The molecule has 1 aliphatic rings. The fourth-order valence-corrected chi connectivity index (χ4v) is 2.54. The Morgan fingerprint density at radius 3 is 2.76 bits per heavy atom. The molecule has 1 fully saturated rings. The van der Waals surface area contributed by atoms with Gasteiger partial charge in [0.05, 0.1) is 6.61 Å². The first-order chi connectivity index (χ1) is 10.2. The topological polar surface area (TPSA) is 41.6 Å². The molecule has 0 spiro atoms. The van der Waals surface area contributed by atoms with Crippen molar-refractivity contribution in [3.05, 3.63) is 29.8 Å². The quantitative estimate of drug-likeness (QED) is 0.819. The molecule has 21 heavy (non-hydrogen) atoms. The van der Waals surface area contributed by atoms with E-state index in [2.05, 4.69) is 19.2 Å². The molecule has 1 N–H and O–H groups in total. The molecule has 1 atom stereocenters. The summed E-state index contributed by atoms with van der Waals surface area (Å²) in [5, 5.41) is 3.35. The van der Waals surface area contributed by atoms with Gasteiger partial charge >= 0.3 is 0 Å². The Bertz CT molecular complexity index is 445. The first kappa shape index (κ1) is 15.8. The monoisotopic (exact) mass is 290 g/mol. The van der Waals surface area contributed by atoms with Gasteiger partial charge in [0.2, 0.25) is 0 Å². The number of amides is 1. The molecule has 0 radical (unpaired) electrons. The van der Waals surface area contributed by atoms with E-state index in [1.807, 2.05) is 29.2 Å². The van der Waals surface area contributed by atoms with Crippen molar-refractivity contribution in [2.75, 3.05) is 26.2 Å². The molecule has 1 aromatic rings. The normalized spacial score (nSPS) is 18.6. The molecule has 116 valence electrons. The lowest BCUT2D eigenvalue weighted by Crippen LogP contribution is -2.51. The number of nitrogens with one attached hydrogen (secondary N) is 1. The highest BCUT2D eigenvalue weighted by atomic mass is 16.5. The van der Waals surface area contributed by atoms with Crippen molar-refractivity contribution >= 4 is 5.91 Å². The second-order valence-electron chi connectivity index (χ2n) is 5.69. The highest BCUT2D eigenvalue weighted by Crippen LogP contribution is 2.15. The fourth-order valence-electron chi connectivity index (χ4n) is 2.54. The van der Waals surface area contributed by atoms with Crippen LogP contribution in [0.1, 0.15) is 43.5 Å². The highest BCUT2D eigenvalue weighted by molar-refractivity contribution is 5.94. The van der Waals surface area contributed by atoms with Crippen LogP contribution in [0.15, 0.2) is 24.3 Å². The predicted molar refractivity (Wildman–Crippen MR) is 84.8 cm³/mol. The smallest absolute Gasteiger partial charge is 0.253 e. The minimum Gasteiger partial charge on any atom is -0.494 e. The van der Waals surface area contributed by atoms with E-state index in [0.29, 0.717) is 6.04 Å². The van der Waals surface area contributed by atoms with Gasteiger partial charge in [0.15, 0.2) is 0 Å². The summed E-state index contributed by atoms with van der Waals surface area (Å²) in [5.41, 5.74) is 0.741. The van der Waals surface area contributed by atoms with Gasteiger partial charge in [0.1, 0.15) is 5.75 Å². The molecule has 0 aliphatic carbocycles. The molecule has 1 aliphatic heterocycles. The van der Waals surface area contributed by atoms with E-state index in [-0.39, 0.29) is 5.91 Å². The number of unbranched alkanes of at least 4 members (excludes halogenated alkanes) is 2. The summed E-state index contributed by atoms with van der Waals surface area (Å²) in [6.45, 7) is 7.44. The standard InChI is InChI=1S/C17H26N2O2/c1-3-4-5-12-21-16-8-6-15(7-9-16)17(20)19-11-10-18-14(2)13-19/h6-9,14,18H,3-5,10-13H2,1-2H3. The molecule has 1 heterocycles.